The molecule has 0 aliphatic rings. The summed E-state index contributed by atoms with van der Waals surface area (Å²) in [7, 11) is 0. The number of carbonyl (C=O) groups excluding carboxylic acids is 2. The Morgan fingerprint density at radius 2 is 1.70 bits per heavy atom. The quantitative estimate of drug-likeness (QED) is 0.425. The summed E-state index contributed by atoms with van der Waals surface area (Å²) in [6, 6.07) is 16.0. The van der Waals surface area contributed by atoms with E-state index in [1.165, 1.54) is 6.08 Å². The van der Waals surface area contributed by atoms with Crippen molar-refractivity contribution in [3.8, 4) is 0 Å². The Kier molecular flexibility index (Phi) is 6.57. The second-order valence-corrected chi connectivity index (χ2v) is 5.39. The first-order valence-corrected chi connectivity index (χ1v) is 7.71. The van der Waals surface area contributed by atoms with Crippen molar-refractivity contribution in [2.75, 3.05) is 6.61 Å². The van der Waals surface area contributed by atoms with Crippen molar-refractivity contribution in [2.45, 2.75) is 12.8 Å². The molecule has 2 aromatic carbocycles. The monoisotopic (exact) mass is 328 g/mol. The molecule has 0 N–H and O–H groups in total. The second kappa shape index (κ2) is 8.91. The zero-order chi connectivity index (χ0) is 16.5. The summed E-state index contributed by atoms with van der Waals surface area (Å²) >= 11 is 5.80. The summed E-state index contributed by atoms with van der Waals surface area (Å²) in [6.07, 6.45) is 4.12. The first-order chi connectivity index (χ1) is 11.1. The first-order valence-electron chi connectivity index (χ1n) is 7.34. The van der Waals surface area contributed by atoms with E-state index in [1.54, 1.807) is 42.5 Å². The van der Waals surface area contributed by atoms with Crippen LogP contribution in [0, 0.1) is 0 Å². The van der Waals surface area contributed by atoms with Gasteiger partial charge in [-0.25, -0.2) is 4.79 Å². The third-order valence-corrected chi connectivity index (χ3v) is 3.39. The van der Waals surface area contributed by atoms with E-state index in [9.17, 15) is 9.59 Å². The van der Waals surface area contributed by atoms with E-state index in [1.807, 2.05) is 18.2 Å². The Morgan fingerprint density at radius 1 is 1.00 bits per heavy atom. The molecule has 3 nitrogen and oxygen atoms in total. The highest BCUT2D eigenvalue weighted by Crippen LogP contribution is 2.11. The zero-order valence-corrected chi connectivity index (χ0v) is 13.3. The number of ketones is 1. The number of ether oxygens (including phenoxy) is 1. The number of carbonyl (C=O) groups is 2. The van der Waals surface area contributed by atoms with E-state index in [-0.39, 0.29) is 18.4 Å². The number of allylic oxidation sites excluding steroid dienone is 1. The van der Waals surface area contributed by atoms with Crippen LogP contribution in [0.25, 0.3) is 6.08 Å². The van der Waals surface area contributed by atoms with Crippen LogP contribution >= 0.6 is 11.6 Å². The highest BCUT2D eigenvalue weighted by atomic mass is 35.5. The molecule has 23 heavy (non-hydrogen) atoms. The Labute approximate surface area is 140 Å². The highest BCUT2D eigenvalue weighted by Gasteiger charge is 2.05. The number of hydrogen-bond acceptors (Lipinski definition) is 3. The molecule has 0 amide bonds. The van der Waals surface area contributed by atoms with Crippen molar-refractivity contribution in [3.63, 3.8) is 0 Å². The van der Waals surface area contributed by atoms with E-state index in [4.69, 9.17) is 16.3 Å². The van der Waals surface area contributed by atoms with Gasteiger partial charge >= 0.3 is 5.97 Å². The maximum Gasteiger partial charge on any atom is 0.338 e. The molecule has 118 valence electrons. The van der Waals surface area contributed by atoms with Crippen LogP contribution < -0.4 is 0 Å². The Morgan fingerprint density at radius 3 is 2.39 bits per heavy atom. The molecule has 0 atom stereocenters. The van der Waals surface area contributed by atoms with Gasteiger partial charge in [0, 0.05) is 11.4 Å². The average molecular weight is 329 g/mol. The minimum atomic E-state index is -0.366. The second-order valence-electron chi connectivity index (χ2n) is 4.96. The van der Waals surface area contributed by atoms with E-state index >= 15 is 0 Å². The number of halogens is 1. The van der Waals surface area contributed by atoms with Crippen molar-refractivity contribution in [2.24, 2.45) is 0 Å². The van der Waals surface area contributed by atoms with Crippen LogP contribution in [0.4, 0.5) is 0 Å². The van der Waals surface area contributed by atoms with Gasteiger partial charge in [-0.2, -0.15) is 0 Å². The van der Waals surface area contributed by atoms with Gasteiger partial charge in [-0.15, -0.1) is 0 Å². The molecule has 2 rings (SSSR count). The van der Waals surface area contributed by atoms with Gasteiger partial charge in [0.1, 0.15) is 0 Å². The summed E-state index contributed by atoms with van der Waals surface area (Å²) in [4.78, 5) is 23.4. The van der Waals surface area contributed by atoms with E-state index < -0.39 is 0 Å². The normalized spacial score (nSPS) is 10.7. The summed E-state index contributed by atoms with van der Waals surface area (Å²) in [5, 5.41) is 0.661. The fourth-order valence-corrected chi connectivity index (χ4v) is 2.04. The third-order valence-electron chi connectivity index (χ3n) is 3.14. The lowest BCUT2D eigenvalue weighted by atomic mass is 10.1. The molecule has 0 aliphatic heterocycles. The third kappa shape index (κ3) is 6.09. The predicted octanol–water partition coefficient (Wildman–Crippen LogP) is 4.56. The van der Waals surface area contributed by atoms with Gasteiger partial charge in [0.05, 0.1) is 12.2 Å². The lowest BCUT2D eigenvalue weighted by Crippen LogP contribution is -2.07. The molecule has 0 bridgehead atoms. The Hall–Kier alpha value is -2.39. The van der Waals surface area contributed by atoms with Crippen molar-refractivity contribution in [1.82, 2.24) is 0 Å². The van der Waals surface area contributed by atoms with Crippen LogP contribution in [0.15, 0.2) is 60.7 Å². The molecule has 0 saturated carbocycles. The molecule has 0 spiro atoms. The molecule has 4 heteroatoms. The lowest BCUT2D eigenvalue weighted by Gasteiger charge is -2.03. The molecular weight excluding hydrogens is 312 g/mol. The minimum Gasteiger partial charge on any atom is -0.462 e. The van der Waals surface area contributed by atoms with Gasteiger partial charge in [-0.1, -0.05) is 48.0 Å². The highest BCUT2D eigenvalue weighted by molar-refractivity contribution is 6.30. The smallest absolute Gasteiger partial charge is 0.338 e. The number of rotatable bonds is 7. The van der Waals surface area contributed by atoms with Gasteiger partial charge in [0.25, 0.3) is 0 Å². The van der Waals surface area contributed by atoms with E-state index in [0.717, 1.165) is 5.56 Å². The van der Waals surface area contributed by atoms with Crippen LogP contribution in [-0.2, 0) is 9.53 Å². The van der Waals surface area contributed by atoms with Gasteiger partial charge in [-0.3, -0.25) is 4.79 Å². The molecule has 0 unspecified atom stereocenters. The predicted molar refractivity (Wildman–Crippen MR) is 91.5 cm³/mol. The summed E-state index contributed by atoms with van der Waals surface area (Å²) in [5.41, 5.74) is 1.43. The van der Waals surface area contributed by atoms with Crippen LogP contribution in [0.3, 0.4) is 0 Å². The van der Waals surface area contributed by atoms with Crippen LogP contribution in [0.1, 0.15) is 28.8 Å². The maximum absolute atomic E-state index is 11.7. The Balaban J connectivity index is 1.69. The SMILES string of the molecule is O=C(/C=C/c1ccc(Cl)cc1)CCCOC(=O)c1ccccc1. The minimum absolute atomic E-state index is 0.00397. The van der Waals surface area contributed by atoms with Crippen molar-refractivity contribution >= 4 is 29.4 Å². The maximum atomic E-state index is 11.7. The standard InChI is InChI=1S/C19H17ClO3/c20-17-11-8-15(9-12-17)10-13-18(21)7-4-14-23-19(22)16-5-2-1-3-6-16/h1-3,5-6,8-13H,4,7,14H2/b13-10+. The Bertz CT molecular complexity index is 676. The number of esters is 1. The van der Waals surface area contributed by atoms with E-state index in [2.05, 4.69) is 0 Å². The molecule has 0 saturated heterocycles. The van der Waals surface area contributed by atoms with Crippen molar-refractivity contribution < 1.29 is 14.3 Å². The van der Waals surface area contributed by atoms with Crippen LogP contribution in [-0.4, -0.2) is 18.4 Å². The largest absolute Gasteiger partial charge is 0.462 e. The fraction of sp³-hybridized carbons (Fsp3) is 0.158. The molecular formula is C19H17ClO3. The molecule has 2 aromatic rings. The molecule has 0 aliphatic carbocycles. The van der Waals surface area contributed by atoms with Gasteiger partial charge in [-0.05, 0) is 42.3 Å². The molecule has 0 radical (unpaired) electrons. The van der Waals surface area contributed by atoms with E-state index in [0.29, 0.717) is 23.4 Å². The number of hydrogen-bond donors (Lipinski definition) is 0. The number of benzene rings is 2. The van der Waals surface area contributed by atoms with Gasteiger partial charge in [0.2, 0.25) is 0 Å². The van der Waals surface area contributed by atoms with Crippen molar-refractivity contribution in [3.05, 3.63) is 76.8 Å². The summed E-state index contributed by atoms with van der Waals surface area (Å²) in [6.45, 7) is 0.230. The zero-order valence-electron chi connectivity index (χ0n) is 12.6. The molecule has 0 fully saturated rings. The summed E-state index contributed by atoms with van der Waals surface area (Å²) < 4.78 is 5.12. The summed E-state index contributed by atoms with van der Waals surface area (Å²) in [5.74, 6) is -0.370. The van der Waals surface area contributed by atoms with Gasteiger partial charge < -0.3 is 4.74 Å². The van der Waals surface area contributed by atoms with Crippen molar-refractivity contribution in [1.29, 1.82) is 0 Å². The van der Waals surface area contributed by atoms with Crippen LogP contribution in [0.5, 0.6) is 0 Å². The van der Waals surface area contributed by atoms with Gasteiger partial charge in [0.15, 0.2) is 5.78 Å². The lowest BCUT2D eigenvalue weighted by molar-refractivity contribution is -0.114. The topological polar surface area (TPSA) is 43.4 Å². The molecule has 0 aromatic heterocycles. The molecule has 0 heterocycles. The first kappa shape index (κ1) is 17.0. The fourth-order valence-electron chi connectivity index (χ4n) is 1.92. The van der Waals surface area contributed by atoms with Crippen LogP contribution in [0.2, 0.25) is 5.02 Å². The average Bonchev–Trinajstić information content (AvgIpc) is 2.59.